The summed E-state index contributed by atoms with van der Waals surface area (Å²) >= 11 is 5.64. The van der Waals surface area contributed by atoms with Gasteiger partial charge in [-0.05, 0) is 11.6 Å². The maximum atomic E-state index is 8.54. The van der Waals surface area contributed by atoms with E-state index in [2.05, 4.69) is 15.2 Å². The number of nitriles is 1. The second-order valence-electron chi connectivity index (χ2n) is 2.09. The average Bonchev–Trinajstić information content (AvgIpc) is 2.47. The van der Waals surface area contributed by atoms with Crippen LogP contribution in [0.4, 0.5) is 0 Å². The third-order valence-electron chi connectivity index (χ3n) is 1.35. The zero-order valence-electron chi connectivity index (χ0n) is 5.77. The third kappa shape index (κ3) is 0.898. The zero-order valence-corrected chi connectivity index (χ0v) is 6.52. The van der Waals surface area contributed by atoms with E-state index in [0.717, 1.165) is 0 Å². The molecule has 2 aromatic heterocycles. The third-order valence-corrected chi connectivity index (χ3v) is 1.61. The molecule has 0 aliphatic heterocycles. The predicted molar refractivity (Wildman–Crippen MR) is 40.5 cm³/mol. The molecule has 2 rings (SSSR count). The van der Waals surface area contributed by atoms with Gasteiger partial charge in [0.15, 0.2) is 0 Å². The van der Waals surface area contributed by atoms with E-state index in [-0.39, 0.29) is 5.28 Å². The molecule has 0 fully saturated rings. The molecule has 0 radical (unpaired) electrons. The molecule has 0 unspecified atom stereocenters. The molecule has 0 aliphatic carbocycles. The fraction of sp³-hybridized carbons (Fsp3) is 0. The van der Waals surface area contributed by atoms with Crippen molar-refractivity contribution in [2.45, 2.75) is 0 Å². The highest BCUT2D eigenvalue weighted by molar-refractivity contribution is 6.28. The lowest BCUT2D eigenvalue weighted by atomic mass is 10.4. The van der Waals surface area contributed by atoms with E-state index in [1.807, 2.05) is 6.07 Å². The standard InChI is InChI=1S/C6H2ClN5/c7-5-10-11-6-9-2-4(1-8)3-12(5)6/h2-3H. The van der Waals surface area contributed by atoms with Crippen LogP contribution in [0.1, 0.15) is 5.56 Å². The monoisotopic (exact) mass is 179 g/mol. The highest BCUT2D eigenvalue weighted by atomic mass is 35.5. The summed E-state index contributed by atoms with van der Waals surface area (Å²) in [4.78, 5) is 3.86. The largest absolute Gasteiger partial charge is 0.256 e. The second-order valence-corrected chi connectivity index (χ2v) is 2.43. The Bertz CT molecular complexity index is 468. The highest BCUT2D eigenvalue weighted by Crippen LogP contribution is 2.06. The molecule has 0 atom stereocenters. The Morgan fingerprint density at radius 3 is 3.08 bits per heavy atom. The quantitative estimate of drug-likeness (QED) is 0.596. The molecule has 6 heteroatoms. The van der Waals surface area contributed by atoms with Gasteiger partial charge in [-0.3, -0.25) is 4.40 Å². The molecule has 0 aromatic carbocycles. The van der Waals surface area contributed by atoms with Gasteiger partial charge < -0.3 is 0 Å². The van der Waals surface area contributed by atoms with Crippen LogP contribution in [0.15, 0.2) is 12.4 Å². The van der Waals surface area contributed by atoms with E-state index in [0.29, 0.717) is 11.3 Å². The van der Waals surface area contributed by atoms with Gasteiger partial charge in [-0.1, -0.05) is 0 Å². The first kappa shape index (κ1) is 7.00. The maximum absolute atomic E-state index is 8.54. The molecule has 12 heavy (non-hydrogen) atoms. The fourth-order valence-electron chi connectivity index (χ4n) is 0.821. The smallest absolute Gasteiger partial charge is 0.256 e. The van der Waals surface area contributed by atoms with Crippen LogP contribution >= 0.6 is 11.6 Å². The normalized spacial score (nSPS) is 10.0. The lowest BCUT2D eigenvalue weighted by molar-refractivity contribution is 1.09. The van der Waals surface area contributed by atoms with Crippen LogP contribution in [0.3, 0.4) is 0 Å². The SMILES string of the molecule is N#Cc1cnc2nnc(Cl)n2c1. The summed E-state index contributed by atoms with van der Waals surface area (Å²) in [7, 11) is 0. The van der Waals surface area contributed by atoms with Gasteiger partial charge >= 0.3 is 0 Å². The van der Waals surface area contributed by atoms with Gasteiger partial charge in [-0.2, -0.15) is 5.26 Å². The molecule has 0 saturated heterocycles. The summed E-state index contributed by atoms with van der Waals surface area (Å²) in [5.41, 5.74) is 0.421. The van der Waals surface area contributed by atoms with Gasteiger partial charge in [0.05, 0.1) is 11.8 Å². The number of halogens is 1. The van der Waals surface area contributed by atoms with Crippen molar-refractivity contribution in [3.05, 3.63) is 23.2 Å². The molecule has 0 spiro atoms. The van der Waals surface area contributed by atoms with Crippen molar-refractivity contribution < 1.29 is 0 Å². The van der Waals surface area contributed by atoms with Gasteiger partial charge in [0.2, 0.25) is 5.28 Å². The zero-order chi connectivity index (χ0) is 8.55. The minimum atomic E-state index is 0.203. The maximum Gasteiger partial charge on any atom is 0.256 e. The average molecular weight is 180 g/mol. The van der Waals surface area contributed by atoms with Crippen molar-refractivity contribution >= 4 is 17.4 Å². The number of hydrogen-bond acceptors (Lipinski definition) is 4. The van der Waals surface area contributed by atoms with Crippen LogP contribution in [0.2, 0.25) is 5.28 Å². The number of fused-ring (bicyclic) bond motifs is 1. The highest BCUT2D eigenvalue weighted by Gasteiger charge is 2.03. The number of aromatic nitrogens is 4. The molecule has 0 aliphatic rings. The van der Waals surface area contributed by atoms with E-state index in [9.17, 15) is 0 Å². The first-order valence-corrected chi connectivity index (χ1v) is 3.45. The van der Waals surface area contributed by atoms with Gasteiger partial charge in [0.25, 0.3) is 5.78 Å². The molecule has 0 amide bonds. The number of rotatable bonds is 0. The van der Waals surface area contributed by atoms with Crippen LogP contribution in [0.25, 0.3) is 5.78 Å². The van der Waals surface area contributed by atoms with Gasteiger partial charge in [0.1, 0.15) is 6.07 Å². The first-order chi connectivity index (χ1) is 5.81. The Kier molecular flexibility index (Phi) is 1.42. The molecule has 58 valence electrons. The molecular formula is C6H2ClN5. The lowest BCUT2D eigenvalue weighted by Gasteiger charge is -1.90. The second kappa shape index (κ2) is 2.43. The summed E-state index contributed by atoms with van der Waals surface area (Å²) < 4.78 is 1.44. The summed E-state index contributed by atoms with van der Waals surface area (Å²) in [5, 5.41) is 16.0. The minimum Gasteiger partial charge on any atom is -0.256 e. The Labute approximate surface area is 72.2 Å². The van der Waals surface area contributed by atoms with Crippen molar-refractivity contribution in [1.82, 2.24) is 19.6 Å². The lowest BCUT2D eigenvalue weighted by Crippen LogP contribution is -1.89. The molecule has 2 aromatic rings. The van der Waals surface area contributed by atoms with Gasteiger partial charge in [-0.15, -0.1) is 10.2 Å². The molecule has 5 nitrogen and oxygen atoms in total. The summed E-state index contributed by atoms with van der Waals surface area (Å²) in [6.45, 7) is 0. The summed E-state index contributed by atoms with van der Waals surface area (Å²) in [6.07, 6.45) is 2.95. The first-order valence-electron chi connectivity index (χ1n) is 3.07. The van der Waals surface area contributed by atoms with Crippen molar-refractivity contribution in [3.63, 3.8) is 0 Å². The van der Waals surface area contributed by atoms with Crippen LogP contribution in [-0.4, -0.2) is 19.6 Å². The predicted octanol–water partition coefficient (Wildman–Crippen LogP) is 0.649. The van der Waals surface area contributed by atoms with Crippen LogP contribution in [-0.2, 0) is 0 Å². The summed E-state index contributed by atoms with van der Waals surface area (Å²) in [5.74, 6) is 0.388. The van der Waals surface area contributed by atoms with Crippen molar-refractivity contribution in [2.75, 3.05) is 0 Å². The summed E-state index contributed by atoms with van der Waals surface area (Å²) in [6, 6.07) is 1.94. The minimum absolute atomic E-state index is 0.203. The molecule has 2 heterocycles. The molecule has 0 saturated carbocycles. The van der Waals surface area contributed by atoms with E-state index in [4.69, 9.17) is 16.9 Å². The van der Waals surface area contributed by atoms with Crippen LogP contribution in [0.5, 0.6) is 0 Å². The Hall–Kier alpha value is -1.67. The Morgan fingerprint density at radius 1 is 1.50 bits per heavy atom. The topological polar surface area (TPSA) is 66.9 Å². The Morgan fingerprint density at radius 2 is 2.33 bits per heavy atom. The number of nitrogens with zero attached hydrogens (tertiary/aromatic N) is 5. The molecular weight excluding hydrogens is 178 g/mol. The van der Waals surface area contributed by atoms with Crippen molar-refractivity contribution in [2.24, 2.45) is 0 Å². The van der Waals surface area contributed by atoms with Crippen LogP contribution < -0.4 is 0 Å². The molecule has 0 bridgehead atoms. The van der Waals surface area contributed by atoms with Crippen molar-refractivity contribution in [1.29, 1.82) is 5.26 Å². The van der Waals surface area contributed by atoms with E-state index >= 15 is 0 Å². The van der Waals surface area contributed by atoms with E-state index in [1.54, 1.807) is 0 Å². The van der Waals surface area contributed by atoms with E-state index < -0.39 is 0 Å². The van der Waals surface area contributed by atoms with E-state index in [1.165, 1.54) is 16.8 Å². The van der Waals surface area contributed by atoms with Gasteiger partial charge in [0, 0.05) is 6.20 Å². The van der Waals surface area contributed by atoms with Gasteiger partial charge in [-0.25, -0.2) is 4.98 Å². The number of hydrogen-bond donors (Lipinski definition) is 0. The van der Waals surface area contributed by atoms with Crippen LogP contribution in [0, 0.1) is 11.3 Å². The van der Waals surface area contributed by atoms with Crippen molar-refractivity contribution in [3.8, 4) is 6.07 Å². The Balaban J connectivity index is 2.82. The fourth-order valence-corrected chi connectivity index (χ4v) is 0.983. The molecule has 0 N–H and O–H groups in total.